The standard InChI is InChI=1S/C24H28F5N5OS/c1-33-12-7-17(8-13-33)22-31-21-20(6-11-30-23(21)32-22)16-9-14-34(15-10-16)24(35)18-2-4-19(5-3-18)36(25,26,27,28)29/h2-6,11,16-17H,7-10,12-15H2,1H3,(H,30,31,32). The van der Waals surface area contributed by atoms with Crippen molar-refractivity contribution in [2.45, 2.75) is 42.4 Å². The van der Waals surface area contributed by atoms with Gasteiger partial charge in [0.15, 0.2) is 5.65 Å². The number of carbonyl (C=O) groups excluding carboxylic acids is 1. The summed E-state index contributed by atoms with van der Waals surface area (Å²) < 4.78 is 64.8. The highest BCUT2D eigenvalue weighted by Gasteiger charge is 2.65. The Morgan fingerprint density at radius 1 is 0.917 bits per heavy atom. The first-order chi connectivity index (χ1) is 16.8. The van der Waals surface area contributed by atoms with Crippen molar-refractivity contribution in [3.05, 3.63) is 53.5 Å². The number of likely N-dealkylation sites (tertiary alicyclic amines) is 2. The molecule has 2 fully saturated rings. The van der Waals surface area contributed by atoms with Crippen molar-refractivity contribution in [1.29, 1.82) is 0 Å². The maximum atomic E-state index is 13.0. The lowest BCUT2D eigenvalue weighted by Gasteiger charge is -2.40. The molecule has 0 atom stereocenters. The molecule has 2 aliphatic heterocycles. The number of hydrogen-bond acceptors (Lipinski definition) is 4. The van der Waals surface area contributed by atoms with E-state index in [0.717, 1.165) is 55.0 Å². The summed E-state index contributed by atoms with van der Waals surface area (Å²) in [4.78, 5) is 27.4. The van der Waals surface area contributed by atoms with Gasteiger partial charge >= 0.3 is 10.2 Å². The molecule has 3 aromatic rings. The Balaban J connectivity index is 1.27. The Bertz CT molecular complexity index is 1280. The van der Waals surface area contributed by atoms with Gasteiger partial charge in [-0.2, -0.15) is 0 Å². The number of nitrogens with one attached hydrogen (secondary N) is 1. The molecule has 5 rings (SSSR count). The van der Waals surface area contributed by atoms with Crippen LogP contribution in [0.4, 0.5) is 19.4 Å². The molecule has 0 radical (unpaired) electrons. The van der Waals surface area contributed by atoms with Gasteiger partial charge in [-0.15, -0.1) is 0 Å². The van der Waals surface area contributed by atoms with Crippen LogP contribution in [0.2, 0.25) is 0 Å². The molecule has 0 saturated carbocycles. The molecule has 1 N–H and O–H groups in total. The molecule has 2 aliphatic rings. The van der Waals surface area contributed by atoms with E-state index in [4.69, 9.17) is 4.98 Å². The van der Waals surface area contributed by atoms with E-state index in [0.29, 0.717) is 37.5 Å². The van der Waals surface area contributed by atoms with E-state index in [9.17, 15) is 24.2 Å². The monoisotopic (exact) mass is 529 g/mol. The molecule has 2 saturated heterocycles. The Labute approximate surface area is 205 Å². The molecule has 0 aliphatic carbocycles. The van der Waals surface area contributed by atoms with E-state index in [1.807, 2.05) is 6.07 Å². The fraction of sp³-hybridized carbons (Fsp3) is 0.458. The van der Waals surface area contributed by atoms with Crippen LogP contribution < -0.4 is 0 Å². The maximum absolute atomic E-state index is 13.0. The highest BCUT2D eigenvalue weighted by molar-refractivity contribution is 8.45. The number of fused-ring (bicyclic) bond motifs is 1. The maximum Gasteiger partial charge on any atom is 0.310 e. The molecule has 0 unspecified atom stereocenters. The number of aromatic nitrogens is 3. The fourth-order valence-electron chi connectivity index (χ4n) is 5.19. The molecule has 1 aromatic carbocycles. The third-order valence-corrected chi connectivity index (χ3v) is 8.48. The molecule has 196 valence electrons. The summed E-state index contributed by atoms with van der Waals surface area (Å²) in [7, 11) is -7.65. The van der Waals surface area contributed by atoms with E-state index < -0.39 is 21.0 Å². The second-order valence-corrected chi connectivity index (χ2v) is 12.3. The van der Waals surface area contributed by atoms with Gasteiger partial charge in [-0.1, -0.05) is 19.4 Å². The number of pyridine rings is 1. The zero-order valence-electron chi connectivity index (χ0n) is 19.8. The Morgan fingerprint density at radius 2 is 1.53 bits per heavy atom. The van der Waals surface area contributed by atoms with Gasteiger partial charge in [-0.05, 0) is 87.6 Å². The highest BCUT2D eigenvalue weighted by Crippen LogP contribution is 3.02. The number of halogens is 5. The predicted molar refractivity (Wildman–Crippen MR) is 129 cm³/mol. The number of piperidine rings is 2. The van der Waals surface area contributed by atoms with Crippen LogP contribution in [0.25, 0.3) is 11.2 Å². The minimum Gasteiger partial charge on any atom is -0.340 e. The lowest BCUT2D eigenvalue weighted by Crippen LogP contribution is -2.38. The van der Waals surface area contributed by atoms with Gasteiger partial charge in [-0.25, -0.2) is 9.97 Å². The number of carbonyl (C=O) groups is 1. The van der Waals surface area contributed by atoms with Gasteiger partial charge in [0, 0.05) is 30.8 Å². The highest BCUT2D eigenvalue weighted by atomic mass is 32.5. The normalized spacial score (nSPS) is 20.9. The first kappa shape index (κ1) is 24.9. The van der Waals surface area contributed by atoms with E-state index in [-0.39, 0.29) is 23.6 Å². The summed E-state index contributed by atoms with van der Waals surface area (Å²) in [6, 6.07) is 4.19. The van der Waals surface area contributed by atoms with Crippen molar-refractivity contribution >= 4 is 27.3 Å². The minimum absolute atomic E-state index is 0.0401. The van der Waals surface area contributed by atoms with Crippen LogP contribution in [0, 0.1) is 0 Å². The van der Waals surface area contributed by atoms with E-state index in [1.165, 1.54) is 0 Å². The Hall–Kier alpha value is -2.73. The Morgan fingerprint density at radius 3 is 2.14 bits per heavy atom. The number of hydrogen-bond donors (Lipinski definition) is 1. The molecular formula is C24H28F5N5OS. The summed E-state index contributed by atoms with van der Waals surface area (Å²) in [5.74, 6) is 1.03. The second-order valence-electron chi connectivity index (χ2n) is 9.86. The summed E-state index contributed by atoms with van der Waals surface area (Å²) in [5.41, 5.74) is 2.66. The predicted octanol–water partition coefficient (Wildman–Crippen LogP) is 6.44. The van der Waals surface area contributed by atoms with Crippen molar-refractivity contribution in [1.82, 2.24) is 24.8 Å². The number of aromatic amines is 1. The molecule has 2 aromatic heterocycles. The molecule has 1 amide bonds. The van der Waals surface area contributed by atoms with Crippen LogP contribution in [-0.4, -0.2) is 63.9 Å². The van der Waals surface area contributed by atoms with Crippen molar-refractivity contribution in [3.8, 4) is 0 Å². The SMILES string of the molecule is CN1CCC(c2nc3nccc(C4CCN(C(=O)c5ccc(S(F)(F)(F)(F)F)cc5)CC4)c3[nH]2)CC1. The van der Waals surface area contributed by atoms with E-state index >= 15 is 0 Å². The average molecular weight is 530 g/mol. The van der Waals surface area contributed by atoms with Crippen molar-refractivity contribution in [3.63, 3.8) is 0 Å². The van der Waals surface area contributed by atoms with Gasteiger partial charge < -0.3 is 14.8 Å². The zero-order valence-corrected chi connectivity index (χ0v) is 20.6. The van der Waals surface area contributed by atoms with Gasteiger partial charge in [-0.3, -0.25) is 4.79 Å². The van der Waals surface area contributed by atoms with Crippen LogP contribution in [0.1, 0.15) is 59.3 Å². The lowest BCUT2D eigenvalue weighted by molar-refractivity contribution is 0.0713. The Kier molecular flexibility index (Phi) is 5.64. The molecule has 12 heteroatoms. The summed E-state index contributed by atoms with van der Waals surface area (Å²) in [5, 5.41) is 0. The van der Waals surface area contributed by atoms with Crippen molar-refractivity contribution in [2.75, 3.05) is 33.2 Å². The molecule has 6 nitrogen and oxygen atoms in total. The van der Waals surface area contributed by atoms with Crippen LogP contribution >= 0.6 is 10.2 Å². The first-order valence-electron chi connectivity index (χ1n) is 11.9. The minimum atomic E-state index is -9.76. The van der Waals surface area contributed by atoms with E-state index in [2.05, 4.69) is 21.9 Å². The molecular weight excluding hydrogens is 501 g/mol. The second kappa shape index (κ2) is 8.14. The van der Waals surface area contributed by atoms with Gasteiger partial charge in [0.1, 0.15) is 10.7 Å². The third kappa shape index (κ3) is 5.06. The van der Waals surface area contributed by atoms with Gasteiger partial charge in [0.2, 0.25) is 0 Å². The van der Waals surface area contributed by atoms with Crippen molar-refractivity contribution < 1.29 is 24.2 Å². The van der Waals surface area contributed by atoms with E-state index in [1.54, 1.807) is 11.1 Å². The fourth-order valence-corrected chi connectivity index (χ4v) is 5.84. The summed E-state index contributed by atoms with van der Waals surface area (Å²) in [6.45, 7) is 2.87. The number of H-pyrrole nitrogens is 1. The largest absolute Gasteiger partial charge is 0.340 e. The zero-order chi connectivity index (χ0) is 25.8. The molecule has 0 spiro atoms. The lowest BCUT2D eigenvalue weighted by atomic mass is 9.89. The quantitative estimate of drug-likeness (QED) is 0.395. The first-order valence-corrected chi connectivity index (χ1v) is 13.9. The number of amides is 1. The smallest absolute Gasteiger partial charge is 0.310 e. The van der Waals surface area contributed by atoms with Crippen LogP contribution in [0.3, 0.4) is 0 Å². The van der Waals surface area contributed by atoms with Crippen LogP contribution in [0.15, 0.2) is 41.4 Å². The van der Waals surface area contributed by atoms with Crippen LogP contribution in [0.5, 0.6) is 0 Å². The number of nitrogens with zero attached hydrogens (tertiary/aromatic N) is 4. The van der Waals surface area contributed by atoms with Crippen LogP contribution in [-0.2, 0) is 0 Å². The number of benzene rings is 1. The number of imidazole rings is 1. The van der Waals surface area contributed by atoms with Crippen molar-refractivity contribution in [2.24, 2.45) is 0 Å². The molecule has 4 heterocycles. The van der Waals surface area contributed by atoms with Gasteiger partial charge in [0.25, 0.3) is 5.91 Å². The molecule has 0 bridgehead atoms. The summed E-state index contributed by atoms with van der Waals surface area (Å²) in [6.07, 6.45) is 5.15. The molecule has 36 heavy (non-hydrogen) atoms. The summed E-state index contributed by atoms with van der Waals surface area (Å²) >= 11 is 0. The third-order valence-electron chi connectivity index (χ3n) is 7.32. The topological polar surface area (TPSA) is 65.1 Å². The van der Waals surface area contributed by atoms with Gasteiger partial charge in [0.05, 0.1) is 5.52 Å². The average Bonchev–Trinajstić information content (AvgIpc) is 3.27. The number of rotatable bonds is 4.